The Kier molecular flexibility index (Phi) is 12.7. The number of nitrogens with zero attached hydrogens (tertiary/aromatic N) is 1. The molecule has 9 nitrogen and oxygen atoms in total. The van der Waals surface area contributed by atoms with E-state index in [0.29, 0.717) is 36.0 Å². The predicted molar refractivity (Wildman–Crippen MR) is 199 cm³/mol. The number of amides is 2. The maximum Gasteiger partial charge on any atom is 0.256 e. The summed E-state index contributed by atoms with van der Waals surface area (Å²) in [7, 11) is 0. The molecule has 264 valence electrons. The van der Waals surface area contributed by atoms with E-state index in [2.05, 4.69) is 10.6 Å². The standard InChI is InChI=1S/C41H43N3O6S/c1-28(46)42-24-10-4-9-15-37(47)43-34-22-20-33(21-23-34)40-48-35(25-36(49-40)30-18-16-29(26-45)17-19-30)27-51-41-44-38(31-11-5-2-6-12-31)39(50-41)32-13-7-3-8-14-32/h2-3,5-8,11-14,16-23,35-36,40,45H,4,9-10,15,24-27H2,1H3,(H,42,46)(H,43,47). The van der Waals surface area contributed by atoms with Gasteiger partial charge in [-0.1, -0.05) is 115 Å². The summed E-state index contributed by atoms with van der Waals surface area (Å²) in [6.45, 7) is 2.11. The number of thioether (sulfide) groups is 1. The van der Waals surface area contributed by atoms with Crippen molar-refractivity contribution >= 4 is 29.3 Å². The number of nitrogens with one attached hydrogen (secondary N) is 2. The lowest BCUT2D eigenvalue weighted by atomic mass is 10.0. The highest BCUT2D eigenvalue weighted by Gasteiger charge is 2.33. The van der Waals surface area contributed by atoms with Crippen LogP contribution in [0.2, 0.25) is 0 Å². The maximum atomic E-state index is 12.5. The first-order chi connectivity index (χ1) is 24.9. The number of benzene rings is 4. The van der Waals surface area contributed by atoms with Crippen LogP contribution >= 0.6 is 11.8 Å². The molecule has 3 unspecified atom stereocenters. The topological polar surface area (TPSA) is 123 Å². The van der Waals surface area contributed by atoms with E-state index in [4.69, 9.17) is 18.9 Å². The lowest BCUT2D eigenvalue weighted by molar-refractivity contribution is -0.245. The van der Waals surface area contributed by atoms with E-state index in [9.17, 15) is 14.7 Å². The molecule has 3 N–H and O–H groups in total. The molecule has 1 aromatic heterocycles. The van der Waals surface area contributed by atoms with Gasteiger partial charge in [0.25, 0.3) is 5.22 Å². The van der Waals surface area contributed by atoms with Crippen LogP contribution in [0.1, 0.15) is 68.1 Å². The number of rotatable bonds is 15. The zero-order valence-electron chi connectivity index (χ0n) is 28.6. The molecule has 4 aromatic carbocycles. The van der Waals surface area contributed by atoms with E-state index in [1.807, 2.05) is 109 Å². The summed E-state index contributed by atoms with van der Waals surface area (Å²) < 4.78 is 19.5. The summed E-state index contributed by atoms with van der Waals surface area (Å²) in [4.78, 5) is 28.5. The first-order valence-corrected chi connectivity index (χ1v) is 18.3. The number of hydrogen-bond acceptors (Lipinski definition) is 8. The van der Waals surface area contributed by atoms with Gasteiger partial charge >= 0.3 is 0 Å². The molecular formula is C41H43N3O6S. The molecule has 0 spiro atoms. The van der Waals surface area contributed by atoms with E-state index in [0.717, 1.165) is 58.5 Å². The monoisotopic (exact) mass is 705 g/mol. The second-order valence-corrected chi connectivity index (χ2v) is 13.5. The smallest absolute Gasteiger partial charge is 0.256 e. The fourth-order valence-electron chi connectivity index (χ4n) is 5.92. The molecule has 51 heavy (non-hydrogen) atoms. The lowest BCUT2D eigenvalue weighted by Crippen LogP contribution is -2.31. The molecule has 1 saturated heterocycles. The number of aliphatic hydroxyl groups is 1. The van der Waals surface area contributed by atoms with Crippen molar-refractivity contribution in [2.45, 2.75) is 69.4 Å². The van der Waals surface area contributed by atoms with Gasteiger partial charge in [-0.3, -0.25) is 9.59 Å². The number of unbranched alkanes of at least 4 members (excludes halogenated alkanes) is 2. The highest BCUT2D eigenvalue weighted by Crippen LogP contribution is 2.41. The van der Waals surface area contributed by atoms with E-state index in [-0.39, 0.29) is 30.6 Å². The molecule has 2 heterocycles. The van der Waals surface area contributed by atoms with Gasteiger partial charge in [-0.25, -0.2) is 4.98 Å². The normalized spacial score (nSPS) is 17.2. The van der Waals surface area contributed by atoms with Crippen molar-refractivity contribution in [3.8, 4) is 22.6 Å². The molecule has 0 saturated carbocycles. The fourth-order valence-corrected chi connectivity index (χ4v) is 6.77. The van der Waals surface area contributed by atoms with E-state index in [1.54, 1.807) is 0 Å². The van der Waals surface area contributed by atoms with Crippen LogP contribution in [0.3, 0.4) is 0 Å². The minimum Gasteiger partial charge on any atom is -0.431 e. The third-order valence-corrected chi connectivity index (χ3v) is 9.58. The molecule has 6 rings (SSSR count). The molecule has 1 aliphatic heterocycles. The van der Waals surface area contributed by atoms with Crippen molar-refractivity contribution in [2.24, 2.45) is 0 Å². The average Bonchev–Trinajstić information content (AvgIpc) is 3.61. The Hall–Kier alpha value is -4.74. The minimum absolute atomic E-state index is 0.0234. The SMILES string of the molecule is CC(=O)NCCCCCC(=O)Nc1ccc(C2OC(CSc3nc(-c4ccccc4)c(-c4ccccc4)o3)CC(c3ccc(CO)cc3)O2)cc1. The van der Waals surface area contributed by atoms with Gasteiger partial charge in [0.05, 0.1) is 18.8 Å². The van der Waals surface area contributed by atoms with Crippen LogP contribution in [0.25, 0.3) is 22.6 Å². The molecule has 0 aliphatic carbocycles. The molecule has 0 bridgehead atoms. The third kappa shape index (κ3) is 10.2. The zero-order chi connectivity index (χ0) is 35.4. The first kappa shape index (κ1) is 36.1. The quantitative estimate of drug-likeness (QED) is 0.0733. The predicted octanol–water partition coefficient (Wildman–Crippen LogP) is 8.47. The summed E-state index contributed by atoms with van der Waals surface area (Å²) >= 11 is 1.52. The van der Waals surface area contributed by atoms with Crippen LogP contribution in [-0.2, 0) is 25.7 Å². The van der Waals surface area contributed by atoms with E-state index in [1.165, 1.54) is 18.7 Å². The Morgan fingerprint density at radius 3 is 2.20 bits per heavy atom. The van der Waals surface area contributed by atoms with E-state index < -0.39 is 6.29 Å². The van der Waals surface area contributed by atoms with Crippen LogP contribution in [0.4, 0.5) is 5.69 Å². The lowest BCUT2D eigenvalue weighted by Gasteiger charge is -2.36. The second kappa shape index (κ2) is 18.0. The zero-order valence-corrected chi connectivity index (χ0v) is 29.4. The molecule has 1 fully saturated rings. The second-order valence-electron chi connectivity index (χ2n) is 12.5. The summed E-state index contributed by atoms with van der Waals surface area (Å²) in [6, 6.07) is 35.4. The van der Waals surface area contributed by atoms with Crippen molar-refractivity contribution in [3.63, 3.8) is 0 Å². The van der Waals surface area contributed by atoms with Gasteiger partial charge in [0, 0.05) is 54.4 Å². The largest absolute Gasteiger partial charge is 0.431 e. The molecule has 3 atom stereocenters. The van der Waals surface area contributed by atoms with Crippen LogP contribution < -0.4 is 10.6 Å². The summed E-state index contributed by atoms with van der Waals surface area (Å²) in [5, 5.41) is 15.9. The number of carbonyl (C=O) groups is 2. The highest BCUT2D eigenvalue weighted by molar-refractivity contribution is 7.99. The van der Waals surface area contributed by atoms with Crippen LogP contribution in [0.5, 0.6) is 0 Å². The van der Waals surface area contributed by atoms with Gasteiger partial charge in [0.2, 0.25) is 11.8 Å². The van der Waals surface area contributed by atoms with Crippen LogP contribution in [0.15, 0.2) is 119 Å². The van der Waals surface area contributed by atoms with Crippen molar-refractivity contribution in [2.75, 3.05) is 17.6 Å². The molecule has 0 radical (unpaired) electrons. The number of oxazole rings is 1. The Morgan fingerprint density at radius 1 is 0.824 bits per heavy atom. The summed E-state index contributed by atoms with van der Waals surface area (Å²) in [6.07, 6.45) is 2.44. The number of carbonyl (C=O) groups excluding carboxylic acids is 2. The van der Waals surface area contributed by atoms with Gasteiger partial charge in [-0.15, -0.1) is 0 Å². The first-order valence-electron chi connectivity index (χ1n) is 17.3. The van der Waals surface area contributed by atoms with E-state index >= 15 is 0 Å². The van der Waals surface area contributed by atoms with Crippen molar-refractivity contribution in [1.82, 2.24) is 10.3 Å². The van der Waals surface area contributed by atoms with Crippen molar-refractivity contribution in [1.29, 1.82) is 0 Å². The Balaban J connectivity index is 1.13. The number of anilines is 1. The Morgan fingerprint density at radius 2 is 1.51 bits per heavy atom. The minimum atomic E-state index is -0.635. The molecular weight excluding hydrogens is 663 g/mol. The number of aromatic nitrogens is 1. The average molecular weight is 706 g/mol. The third-order valence-electron chi connectivity index (χ3n) is 8.62. The van der Waals surface area contributed by atoms with Crippen molar-refractivity contribution in [3.05, 3.63) is 126 Å². The highest BCUT2D eigenvalue weighted by atomic mass is 32.2. The van der Waals surface area contributed by atoms with Gasteiger partial charge in [-0.05, 0) is 36.1 Å². The van der Waals surface area contributed by atoms with Crippen molar-refractivity contribution < 1.29 is 28.6 Å². The van der Waals surface area contributed by atoms with Gasteiger partial charge < -0.3 is 29.6 Å². The summed E-state index contributed by atoms with van der Waals surface area (Å²) in [5.74, 6) is 1.23. The molecule has 1 aliphatic rings. The maximum absolute atomic E-state index is 12.5. The fraction of sp³-hybridized carbons (Fsp3) is 0.293. The van der Waals surface area contributed by atoms with Gasteiger partial charge in [-0.2, -0.15) is 0 Å². The summed E-state index contributed by atoms with van der Waals surface area (Å²) in [5.41, 5.74) is 6.13. The van der Waals surface area contributed by atoms with Crippen LogP contribution in [-0.4, -0.2) is 40.3 Å². The Labute approximate surface area is 302 Å². The molecule has 10 heteroatoms. The molecule has 2 amide bonds. The van der Waals surface area contributed by atoms with Crippen LogP contribution in [0, 0.1) is 0 Å². The molecule has 5 aromatic rings. The number of ether oxygens (including phenoxy) is 2. The van der Waals surface area contributed by atoms with Gasteiger partial charge in [0.15, 0.2) is 12.1 Å². The number of aliphatic hydroxyl groups excluding tert-OH is 1. The Bertz CT molecular complexity index is 1790. The van der Waals surface area contributed by atoms with Gasteiger partial charge in [0.1, 0.15) is 5.69 Å². The number of hydrogen-bond donors (Lipinski definition) is 3.